The molecule has 0 aliphatic rings. The van der Waals surface area contributed by atoms with Crippen LogP contribution >= 0.6 is 0 Å². The second kappa shape index (κ2) is 12.5. The van der Waals surface area contributed by atoms with Crippen LogP contribution in [0.4, 0.5) is 17.1 Å². The molecule has 10 aromatic rings. The Labute approximate surface area is 303 Å². The van der Waals surface area contributed by atoms with Crippen LogP contribution in [0.2, 0.25) is 0 Å². The molecule has 0 radical (unpaired) electrons. The second-order valence-corrected chi connectivity index (χ2v) is 13.4. The van der Waals surface area contributed by atoms with Crippen molar-refractivity contribution in [2.45, 2.75) is 0 Å². The average molecular weight is 663 g/mol. The van der Waals surface area contributed by atoms with Crippen LogP contribution in [0.3, 0.4) is 0 Å². The average Bonchev–Trinajstić information content (AvgIpc) is 3.55. The number of nitrogens with zero attached hydrogens (tertiary/aromatic N) is 2. The van der Waals surface area contributed by atoms with Gasteiger partial charge in [-0.25, -0.2) is 0 Å². The van der Waals surface area contributed by atoms with E-state index in [1.54, 1.807) is 0 Å². The molecule has 0 saturated carbocycles. The minimum atomic E-state index is 1.10. The Morgan fingerprint density at radius 1 is 0.327 bits per heavy atom. The summed E-state index contributed by atoms with van der Waals surface area (Å²) in [5.41, 5.74) is 11.7. The van der Waals surface area contributed by atoms with E-state index in [0.29, 0.717) is 0 Å². The summed E-state index contributed by atoms with van der Waals surface area (Å²) in [6, 6.07) is 74.7. The van der Waals surface area contributed by atoms with Gasteiger partial charge >= 0.3 is 0 Å². The molecule has 9 aromatic carbocycles. The van der Waals surface area contributed by atoms with Crippen LogP contribution in [-0.2, 0) is 0 Å². The van der Waals surface area contributed by atoms with Gasteiger partial charge in [0.25, 0.3) is 0 Å². The van der Waals surface area contributed by atoms with Gasteiger partial charge in [0.05, 0.1) is 11.0 Å². The predicted octanol–water partition coefficient (Wildman–Crippen LogP) is 13.9. The monoisotopic (exact) mass is 662 g/mol. The molecule has 244 valence electrons. The molecular formula is C50H34N2. The van der Waals surface area contributed by atoms with Gasteiger partial charge in [0.15, 0.2) is 0 Å². The van der Waals surface area contributed by atoms with Crippen molar-refractivity contribution < 1.29 is 0 Å². The number of aromatic nitrogens is 1. The van der Waals surface area contributed by atoms with E-state index >= 15 is 0 Å². The summed E-state index contributed by atoms with van der Waals surface area (Å²) in [7, 11) is 0. The normalized spacial score (nSPS) is 11.5. The summed E-state index contributed by atoms with van der Waals surface area (Å²) in [5.74, 6) is 0. The highest BCUT2D eigenvalue weighted by Gasteiger charge is 2.17. The van der Waals surface area contributed by atoms with Gasteiger partial charge in [-0.2, -0.15) is 0 Å². The smallest absolute Gasteiger partial charge is 0.0541 e. The molecule has 0 unspecified atom stereocenters. The fourth-order valence-electron chi connectivity index (χ4n) is 7.97. The zero-order valence-electron chi connectivity index (χ0n) is 28.5. The molecule has 0 atom stereocenters. The maximum atomic E-state index is 2.38. The molecule has 10 rings (SSSR count). The predicted molar refractivity (Wildman–Crippen MR) is 221 cm³/mol. The van der Waals surface area contributed by atoms with Crippen molar-refractivity contribution in [3.05, 3.63) is 206 Å². The zero-order valence-corrected chi connectivity index (χ0v) is 28.5. The highest BCUT2D eigenvalue weighted by molar-refractivity contribution is 6.09. The van der Waals surface area contributed by atoms with Crippen LogP contribution in [0, 0.1) is 0 Å². The molecule has 52 heavy (non-hydrogen) atoms. The summed E-state index contributed by atoms with van der Waals surface area (Å²) in [5, 5.41) is 7.47. The van der Waals surface area contributed by atoms with Gasteiger partial charge in [-0.05, 0) is 104 Å². The van der Waals surface area contributed by atoms with E-state index in [9.17, 15) is 0 Å². The summed E-state index contributed by atoms with van der Waals surface area (Å²) in [6.45, 7) is 0. The standard InChI is InChI=1S/C50H34N2/c1-2-14-36(15-3-1)44-23-11-17-37-18-12-24-45(50(37)44)39-19-10-20-42(34-39)51(43-28-27-35-13-4-5-16-38(35)33-43)40-29-31-41(32-30-40)52-48-25-8-6-21-46(48)47-22-7-9-26-49(47)52/h1-34H. The molecule has 0 fully saturated rings. The molecule has 0 N–H and O–H groups in total. The van der Waals surface area contributed by atoms with Crippen molar-refractivity contribution in [2.24, 2.45) is 0 Å². The first-order valence-electron chi connectivity index (χ1n) is 17.9. The van der Waals surface area contributed by atoms with E-state index in [0.717, 1.165) is 22.7 Å². The molecular weight excluding hydrogens is 629 g/mol. The quantitative estimate of drug-likeness (QED) is 0.172. The Morgan fingerprint density at radius 3 is 1.60 bits per heavy atom. The zero-order chi connectivity index (χ0) is 34.4. The molecule has 0 aliphatic carbocycles. The highest BCUT2D eigenvalue weighted by Crippen LogP contribution is 2.42. The number of rotatable bonds is 6. The van der Waals surface area contributed by atoms with Crippen LogP contribution in [0.25, 0.3) is 71.3 Å². The third-order valence-electron chi connectivity index (χ3n) is 10.3. The number of anilines is 3. The van der Waals surface area contributed by atoms with E-state index in [2.05, 4.69) is 216 Å². The third-order valence-corrected chi connectivity index (χ3v) is 10.3. The second-order valence-electron chi connectivity index (χ2n) is 13.4. The number of para-hydroxylation sites is 2. The molecule has 0 saturated heterocycles. The Morgan fingerprint density at radius 2 is 0.865 bits per heavy atom. The summed E-state index contributed by atoms with van der Waals surface area (Å²) >= 11 is 0. The van der Waals surface area contributed by atoms with Crippen LogP contribution in [-0.4, -0.2) is 4.57 Å². The summed E-state index contributed by atoms with van der Waals surface area (Å²) < 4.78 is 2.38. The van der Waals surface area contributed by atoms with Crippen LogP contribution < -0.4 is 4.90 Å². The summed E-state index contributed by atoms with van der Waals surface area (Å²) in [6.07, 6.45) is 0. The minimum Gasteiger partial charge on any atom is -0.310 e. The highest BCUT2D eigenvalue weighted by atomic mass is 15.1. The molecule has 2 nitrogen and oxygen atoms in total. The fourth-order valence-corrected chi connectivity index (χ4v) is 7.97. The molecule has 0 amide bonds. The lowest BCUT2D eigenvalue weighted by Crippen LogP contribution is -2.10. The molecule has 1 heterocycles. The first-order valence-corrected chi connectivity index (χ1v) is 17.9. The maximum Gasteiger partial charge on any atom is 0.0541 e. The van der Waals surface area contributed by atoms with Crippen molar-refractivity contribution in [3.8, 4) is 27.9 Å². The Bertz CT molecular complexity index is 2840. The van der Waals surface area contributed by atoms with Gasteiger partial charge in [0, 0.05) is 33.5 Å². The number of benzene rings is 9. The molecule has 1 aromatic heterocycles. The van der Waals surface area contributed by atoms with Gasteiger partial charge < -0.3 is 9.47 Å². The SMILES string of the molecule is c1ccc(-c2cccc3cccc(-c4cccc(N(c5ccc(-n6c7ccccc7c7ccccc76)cc5)c5ccc6ccccc6c5)c4)c23)cc1. The first kappa shape index (κ1) is 30.0. The van der Waals surface area contributed by atoms with Crippen molar-refractivity contribution >= 4 is 60.4 Å². The van der Waals surface area contributed by atoms with E-state index in [4.69, 9.17) is 0 Å². The van der Waals surface area contributed by atoms with Crippen LogP contribution in [0.5, 0.6) is 0 Å². The number of hydrogen-bond donors (Lipinski definition) is 0. The molecule has 0 spiro atoms. The Kier molecular flexibility index (Phi) is 7.18. The van der Waals surface area contributed by atoms with Gasteiger partial charge in [-0.1, -0.05) is 146 Å². The van der Waals surface area contributed by atoms with E-state index in [1.807, 2.05) is 0 Å². The fraction of sp³-hybridized carbons (Fsp3) is 0. The molecule has 2 heteroatoms. The first-order chi connectivity index (χ1) is 25.8. The lowest BCUT2D eigenvalue weighted by Gasteiger charge is -2.27. The van der Waals surface area contributed by atoms with Crippen molar-refractivity contribution in [1.82, 2.24) is 4.57 Å². The van der Waals surface area contributed by atoms with Gasteiger partial charge in [-0.3, -0.25) is 0 Å². The number of hydrogen-bond acceptors (Lipinski definition) is 1. The van der Waals surface area contributed by atoms with Crippen LogP contribution in [0.1, 0.15) is 0 Å². The Hall–Kier alpha value is -6.90. The Balaban J connectivity index is 1.14. The van der Waals surface area contributed by atoms with Gasteiger partial charge in [0.2, 0.25) is 0 Å². The van der Waals surface area contributed by atoms with E-state index in [1.165, 1.54) is 65.6 Å². The van der Waals surface area contributed by atoms with Crippen LogP contribution in [0.15, 0.2) is 206 Å². The molecule has 0 aliphatic heterocycles. The van der Waals surface area contributed by atoms with E-state index < -0.39 is 0 Å². The van der Waals surface area contributed by atoms with Crippen molar-refractivity contribution in [2.75, 3.05) is 4.90 Å². The minimum absolute atomic E-state index is 1.10. The molecule has 0 bridgehead atoms. The van der Waals surface area contributed by atoms with E-state index in [-0.39, 0.29) is 0 Å². The van der Waals surface area contributed by atoms with Gasteiger partial charge in [0.1, 0.15) is 0 Å². The lowest BCUT2D eigenvalue weighted by molar-refractivity contribution is 1.17. The van der Waals surface area contributed by atoms with Crippen molar-refractivity contribution in [1.29, 1.82) is 0 Å². The third kappa shape index (κ3) is 5.04. The summed E-state index contributed by atoms with van der Waals surface area (Å²) in [4.78, 5) is 2.38. The van der Waals surface area contributed by atoms with Gasteiger partial charge in [-0.15, -0.1) is 0 Å². The topological polar surface area (TPSA) is 8.17 Å². The lowest BCUT2D eigenvalue weighted by atomic mass is 9.91. The maximum absolute atomic E-state index is 2.38. The largest absolute Gasteiger partial charge is 0.310 e. The van der Waals surface area contributed by atoms with Crippen molar-refractivity contribution in [3.63, 3.8) is 0 Å². The number of fused-ring (bicyclic) bond motifs is 5.